The summed E-state index contributed by atoms with van der Waals surface area (Å²) in [5.74, 6) is 0.592. The molecule has 0 aliphatic heterocycles. The van der Waals surface area contributed by atoms with Crippen LogP contribution in [-0.4, -0.2) is 32.8 Å². The zero-order valence-corrected chi connectivity index (χ0v) is 13.2. The monoisotopic (exact) mass is 324 g/mol. The number of carbonyl (C=O) groups excluding carboxylic acids is 1. The lowest BCUT2D eigenvalue weighted by atomic mass is 10.1. The predicted molar refractivity (Wildman–Crippen MR) is 88.3 cm³/mol. The first-order chi connectivity index (χ1) is 11.7. The molecule has 1 amide bonds. The van der Waals surface area contributed by atoms with Crippen molar-refractivity contribution in [1.82, 2.24) is 25.2 Å². The number of hydrogen-bond donors (Lipinski definition) is 2. The summed E-state index contributed by atoms with van der Waals surface area (Å²) in [4.78, 5) is 20.5. The topological polar surface area (TPSA) is 94.0 Å². The van der Waals surface area contributed by atoms with Gasteiger partial charge in [-0.3, -0.25) is 20.3 Å². The molecule has 0 spiro atoms. The van der Waals surface area contributed by atoms with Gasteiger partial charge in [0.05, 0.1) is 12.7 Å². The van der Waals surface area contributed by atoms with Crippen LogP contribution in [0.2, 0.25) is 0 Å². The van der Waals surface area contributed by atoms with Gasteiger partial charge in [0.25, 0.3) is 5.91 Å². The minimum Gasteiger partial charge on any atom is -0.496 e. The van der Waals surface area contributed by atoms with E-state index in [1.54, 1.807) is 43.5 Å². The molecule has 0 radical (unpaired) electrons. The van der Waals surface area contributed by atoms with Gasteiger partial charge in [-0.2, -0.15) is 5.10 Å². The molecular weight excluding hydrogens is 308 g/mol. The van der Waals surface area contributed by atoms with E-state index in [0.717, 1.165) is 5.56 Å². The Bertz CT molecular complexity index is 847. The molecule has 3 aromatic rings. The average Bonchev–Trinajstić information content (AvgIpc) is 3.02. The summed E-state index contributed by atoms with van der Waals surface area (Å²) >= 11 is 0. The molecular formula is C16H16N6O2. The van der Waals surface area contributed by atoms with Gasteiger partial charge in [-0.1, -0.05) is 12.1 Å². The Morgan fingerprint density at radius 1 is 1.17 bits per heavy atom. The van der Waals surface area contributed by atoms with E-state index < -0.39 is 0 Å². The number of rotatable bonds is 5. The van der Waals surface area contributed by atoms with Crippen molar-refractivity contribution < 1.29 is 9.53 Å². The number of carbonyl (C=O) groups is 1. The number of methoxy groups -OCH3 is 1. The Labute approximate surface area is 138 Å². The summed E-state index contributed by atoms with van der Waals surface area (Å²) in [5, 5.41) is 4.38. The molecule has 0 bridgehead atoms. The Morgan fingerprint density at radius 2 is 1.92 bits per heavy atom. The van der Waals surface area contributed by atoms with Crippen molar-refractivity contribution in [2.75, 3.05) is 12.5 Å². The molecule has 1 aromatic carbocycles. The summed E-state index contributed by atoms with van der Waals surface area (Å²) in [5.41, 5.74) is 6.91. The number of nitrogens with one attached hydrogen (secondary N) is 2. The van der Waals surface area contributed by atoms with Crippen LogP contribution in [0.15, 0.2) is 48.9 Å². The second-order valence-electron chi connectivity index (χ2n) is 4.92. The summed E-state index contributed by atoms with van der Waals surface area (Å²) in [7, 11) is 3.33. The summed E-state index contributed by atoms with van der Waals surface area (Å²) in [6.45, 7) is 0. The van der Waals surface area contributed by atoms with Crippen molar-refractivity contribution in [3.63, 3.8) is 0 Å². The molecule has 0 saturated heterocycles. The van der Waals surface area contributed by atoms with Gasteiger partial charge < -0.3 is 4.74 Å². The van der Waals surface area contributed by atoms with Gasteiger partial charge in [0.15, 0.2) is 0 Å². The third-order valence-corrected chi connectivity index (χ3v) is 3.29. The van der Waals surface area contributed by atoms with Gasteiger partial charge in [0, 0.05) is 31.2 Å². The Morgan fingerprint density at radius 3 is 2.67 bits per heavy atom. The fraction of sp³-hybridized carbons (Fsp3) is 0.125. The van der Waals surface area contributed by atoms with Gasteiger partial charge in [-0.25, -0.2) is 9.97 Å². The van der Waals surface area contributed by atoms with Crippen LogP contribution in [0.25, 0.3) is 11.3 Å². The maximum absolute atomic E-state index is 12.5. The van der Waals surface area contributed by atoms with E-state index in [-0.39, 0.29) is 5.91 Å². The van der Waals surface area contributed by atoms with Crippen LogP contribution < -0.4 is 15.6 Å². The summed E-state index contributed by atoms with van der Waals surface area (Å²) in [6, 6.07) is 9.09. The maximum atomic E-state index is 12.5. The number of hydrogen-bond acceptors (Lipinski definition) is 6. The lowest BCUT2D eigenvalue weighted by Crippen LogP contribution is -2.30. The SMILES string of the molecule is COc1ccccc1-c1nn(C)cc1C(=O)NNc1ncccn1. The molecule has 8 heteroatoms. The smallest absolute Gasteiger partial charge is 0.273 e. The standard InChI is InChI=1S/C16H16N6O2/c1-22-10-12(15(23)19-20-16-17-8-5-9-18-16)14(21-22)11-6-3-4-7-13(11)24-2/h3-10H,1-2H3,(H,19,23)(H,17,18,20). The van der Waals surface area contributed by atoms with Crippen LogP contribution in [0, 0.1) is 0 Å². The van der Waals surface area contributed by atoms with Gasteiger partial charge in [0.1, 0.15) is 11.4 Å². The number of benzene rings is 1. The number of ether oxygens (including phenoxy) is 1. The Hall–Kier alpha value is -3.42. The second-order valence-corrected chi connectivity index (χ2v) is 4.92. The molecule has 0 aliphatic carbocycles. The molecule has 122 valence electrons. The molecule has 0 fully saturated rings. The van der Waals surface area contributed by atoms with Crippen LogP contribution >= 0.6 is 0 Å². The van der Waals surface area contributed by atoms with Crippen LogP contribution in [0.1, 0.15) is 10.4 Å². The number of nitrogens with zero attached hydrogens (tertiary/aromatic N) is 4. The van der Waals surface area contributed by atoms with Gasteiger partial charge >= 0.3 is 0 Å². The van der Waals surface area contributed by atoms with Crippen molar-refractivity contribution in [1.29, 1.82) is 0 Å². The maximum Gasteiger partial charge on any atom is 0.273 e. The molecule has 0 aliphatic rings. The van der Waals surface area contributed by atoms with Crippen molar-refractivity contribution in [3.8, 4) is 17.0 Å². The third kappa shape index (κ3) is 3.17. The molecule has 0 atom stereocenters. The van der Waals surface area contributed by atoms with Gasteiger partial charge in [-0.15, -0.1) is 0 Å². The fourth-order valence-corrected chi connectivity index (χ4v) is 2.24. The van der Waals surface area contributed by atoms with E-state index in [0.29, 0.717) is 23.0 Å². The quantitative estimate of drug-likeness (QED) is 0.693. The van der Waals surface area contributed by atoms with E-state index >= 15 is 0 Å². The number of amides is 1. The number of aryl methyl sites for hydroxylation is 1. The fourth-order valence-electron chi connectivity index (χ4n) is 2.24. The average molecular weight is 324 g/mol. The van der Waals surface area contributed by atoms with Crippen molar-refractivity contribution >= 4 is 11.9 Å². The van der Waals surface area contributed by atoms with Crippen LogP contribution in [0.5, 0.6) is 5.75 Å². The van der Waals surface area contributed by atoms with Gasteiger partial charge in [-0.05, 0) is 18.2 Å². The minimum absolute atomic E-state index is 0.300. The van der Waals surface area contributed by atoms with E-state index in [1.807, 2.05) is 24.3 Å². The van der Waals surface area contributed by atoms with Crippen molar-refractivity contribution in [2.45, 2.75) is 0 Å². The number of hydrazine groups is 1. The highest BCUT2D eigenvalue weighted by Gasteiger charge is 2.19. The number of para-hydroxylation sites is 1. The Kier molecular flexibility index (Phi) is 4.37. The molecule has 8 nitrogen and oxygen atoms in total. The van der Waals surface area contributed by atoms with E-state index in [2.05, 4.69) is 25.9 Å². The molecule has 0 saturated carbocycles. The first-order valence-electron chi connectivity index (χ1n) is 7.19. The molecule has 24 heavy (non-hydrogen) atoms. The third-order valence-electron chi connectivity index (χ3n) is 3.29. The summed E-state index contributed by atoms with van der Waals surface area (Å²) < 4.78 is 6.94. The lowest BCUT2D eigenvalue weighted by molar-refractivity contribution is 0.0963. The highest BCUT2D eigenvalue weighted by molar-refractivity contribution is 6.00. The first-order valence-corrected chi connectivity index (χ1v) is 7.19. The lowest BCUT2D eigenvalue weighted by Gasteiger charge is -2.09. The van der Waals surface area contributed by atoms with E-state index in [4.69, 9.17) is 4.74 Å². The minimum atomic E-state index is -0.351. The zero-order chi connectivity index (χ0) is 16.9. The van der Waals surface area contributed by atoms with Crippen LogP contribution in [0.3, 0.4) is 0 Å². The molecule has 2 heterocycles. The van der Waals surface area contributed by atoms with Crippen LogP contribution in [0.4, 0.5) is 5.95 Å². The highest BCUT2D eigenvalue weighted by Crippen LogP contribution is 2.30. The number of aromatic nitrogens is 4. The van der Waals surface area contributed by atoms with Crippen LogP contribution in [-0.2, 0) is 7.05 Å². The van der Waals surface area contributed by atoms with Gasteiger partial charge in [0.2, 0.25) is 5.95 Å². The Balaban J connectivity index is 1.87. The molecule has 3 rings (SSSR count). The number of anilines is 1. The predicted octanol–water partition coefficient (Wildman–Crippen LogP) is 1.64. The van der Waals surface area contributed by atoms with E-state index in [1.165, 1.54) is 0 Å². The summed E-state index contributed by atoms with van der Waals surface area (Å²) in [6.07, 6.45) is 4.79. The first kappa shape index (κ1) is 15.5. The second kappa shape index (κ2) is 6.78. The van der Waals surface area contributed by atoms with E-state index in [9.17, 15) is 4.79 Å². The van der Waals surface area contributed by atoms with Crippen molar-refractivity contribution in [2.24, 2.45) is 7.05 Å². The normalized spacial score (nSPS) is 10.2. The zero-order valence-electron chi connectivity index (χ0n) is 13.2. The van der Waals surface area contributed by atoms with Crippen molar-refractivity contribution in [3.05, 3.63) is 54.5 Å². The molecule has 2 N–H and O–H groups in total. The molecule has 2 aromatic heterocycles. The highest BCUT2D eigenvalue weighted by atomic mass is 16.5. The molecule has 0 unspecified atom stereocenters. The largest absolute Gasteiger partial charge is 0.496 e.